The third-order valence-corrected chi connectivity index (χ3v) is 5.19. The first-order chi connectivity index (χ1) is 8.86. The lowest BCUT2D eigenvalue weighted by molar-refractivity contribution is -0.151. The molecule has 0 aromatic rings. The average Bonchev–Trinajstić information content (AvgIpc) is 2.32. The van der Waals surface area contributed by atoms with Crippen molar-refractivity contribution < 1.29 is 9.90 Å². The van der Waals surface area contributed by atoms with E-state index < -0.39 is 5.97 Å². The van der Waals surface area contributed by atoms with Crippen LogP contribution in [0.1, 0.15) is 60.3 Å². The van der Waals surface area contributed by atoms with E-state index in [1.807, 2.05) is 0 Å². The van der Waals surface area contributed by atoms with Crippen LogP contribution >= 0.6 is 0 Å². The zero-order chi connectivity index (χ0) is 14.6. The van der Waals surface area contributed by atoms with Crippen molar-refractivity contribution >= 4 is 5.97 Å². The first-order valence-electron chi connectivity index (χ1n) is 7.83. The smallest absolute Gasteiger partial charge is 0.307 e. The van der Waals surface area contributed by atoms with E-state index in [9.17, 15) is 9.90 Å². The van der Waals surface area contributed by atoms with Gasteiger partial charge in [-0.15, -0.1) is 0 Å². The largest absolute Gasteiger partial charge is 0.481 e. The van der Waals surface area contributed by atoms with Crippen molar-refractivity contribution in [2.45, 2.75) is 66.3 Å². The number of carboxylic acid groups (broad SMARTS) is 1. The van der Waals surface area contributed by atoms with E-state index in [-0.39, 0.29) is 11.3 Å². The summed E-state index contributed by atoms with van der Waals surface area (Å²) in [5.41, 5.74) is -0.117. The highest BCUT2D eigenvalue weighted by Gasteiger charge is 2.47. The lowest BCUT2D eigenvalue weighted by Crippen LogP contribution is -2.52. The van der Waals surface area contributed by atoms with Crippen molar-refractivity contribution in [2.24, 2.45) is 17.3 Å². The third kappa shape index (κ3) is 3.50. The molecule has 1 saturated carbocycles. The van der Waals surface area contributed by atoms with Crippen LogP contribution in [0.5, 0.6) is 0 Å². The number of carbonyl (C=O) groups is 1. The van der Waals surface area contributed by atoms with Crippen molar-refractivity contribution in [1.82, 2.24) is 4.90 Å². The Balaban J connectivity index is 2.86. The molecule has 1 aliphatic carbocycles. The average molecular weight is 269 g/mol. The summed E-state index contributed by atoms with van der Waals surface area (Å²) in [5.74, 6) is -0.378. The van der Waals surface area contributed by atoms with Crippen molar-refractivity contribution in [2.75, 3.05) is 13.1 Å². The number of hydrogen-bond acceptors (Lipinski definition) is 2. The van der Waals surface area contributed by atoms with E-state index in [0.29, 0.717) is 12.0 Å². The van der Waals surface area contributed by atoms with Gasteiger partial charge in [-0.05, 0) is 50.1 Å². The van der Waals surface area contributed by atoms with Gasteiger partial charge in [0, 0.05) is 6.04 Å². The molecule has 0 radical (unpaired) electrons. The minimum absolute atomic E-state index is 0.117. The fraction of sp³-hybridized carbons (Fsp3) is 0.938. The van der Waals surface area contributed by atoms with E-state index in [0.717, 1.165) is 25.9 Å². The zero-order valence-corrected chi connectivity index (χ0v) is 13.3. The number of aliphatic carboxylic acids is 1. The summed E-state index contributed by atoms with van der Waals surface area (Å²) in [6, 6.07) is 0.547. The molecule has 1 fully saturated rings. The SMILES string of the molecule is CCCN(CCC)C1CCC(C(=O)O)C(C)(C)C1C. The first kappa shape index (κ1) is 16.5. The molecule has 3 nitrogen and oxygen atoms in total. The standard InChI is InChI=1S/C16H31NO2/c1-6-10-17(11-7-2)14-9-8-13(15(18)19)16(4,5)12(14)3/h12-14H,6-11H2,1-5H3,(H,18,19). The fourth-order valence-corrected chi connectivity index (χ4v) is 3.73. The van der Waals surface area contributed by atoms with Crippen molar-refractivity contribution in [3.63, 3.8) is 0 Å². The van der Waals surface area contributed by atoms with Crippen molar-refractivity contribution in [3.8, 4) is 0 Å². The molecule has 1 aliphatic rings. The quantitative estimate of drug-likeness (QED) is 0.800. The van der Waals surface area contributed by atoms with Gasteiger partial charge in [-0.25, -0.2) is 0 Å². The molecule has 112 valence electrons. The summed E-state index contributed by atoms with van der Waals surface area (Å²) in [7, 11) is 0. The van der Waals surface area contributed by atoms with E-state index >= 15 is 0 Å². The molecule has 0 heterocycles. The molecular weight excluding hydrogens is 238 g/mol. The lowest BCUT2D eigenvalue weighted by Gasteiger charge is -2.50. The number of hydrogen-bond donors (Lipinski definition) is 1. The van der Waals surface area contributed by atoms with Crippen molar-refractivity contribution in [1.29, 1.82) is 0 Å². The normalized spacial score (nSPS) is 30.5. The van der Waals surface area contributed by atoms with Gasteiger partial charge in [0.1, 0.15) is 0 Å². The summed E-state index contributed by atoms with van der Waals surface area (Å²) >= 11 is 0. The minimum atomic E-state index is -0.618. The Kier molecular flexibility index (Phi) is 5.84. The van der Waals surface area contributed by atoms with Gasteiger partial charge < -0.3 is 10.0 Å². The minimum Gasteiger partial charge on any atom is -0.481 e. The second kappa shape index (κ2) is 6.74. The maximum atomic E-state index is 11.4. The van der Waals surface area contributed by atoms with Crippen LogP contribution in [0.25, 0.3) is 0 Å². The number of carboxylic acids is 1. The highest BCUT2D eigenvalue weighted by Crippen LogP contribution is 2.46. The number of nitrogens with zero attached hydrogens (tertiary/aromatic N) is 1. The van der Waals surface area contributed by atoms with Crippen LogP contribution in [-0.4, -0.2) is 35.1 Å². The van der Waals surface area contributed by atoms with Crippen LogP contribution in [0.2, 0.25) is 0 Å². The van der Waals surface area contributed by atoms with Gasteiger partial charge in [-0.3, -0.25) is 4.79 Å². The van der Waals surface area contributed by atoms with Gasteiger partial charge in [-0.1, -0.05) is 34.6 Å². The lowest BCUT2D eigenvalue weighted by atomic mass is 9.60. The van der Waals surface area contributed by atoms with Crippen molar-refractivity contribution in [3.05, 3.63) is 0 Å². The molecule has 19 heavy (non-hydrogen) atoms. The molecule has 1 rings (SSSR count). The van der Waals surface area contributed by atoms with Crippen LogP contribution in [0.3, 0.4) is 0 Å². The summed E-state index contributed by atoms with van der Waals surface area (Å²) in [5, 5.41) is 9.41. The van der Waals surface area contributed by atoms with Crippen LogP contribution in [0.15, 0.2) is 0 Å². The predicted octanol–water partition coefficient (Wildman–Crippen LogP) is 3.63. The molecule has 0 aromatic carbocycles. The Hall–Kier alpha value is -0.570. The Morgan fingerprint density at radius 3 is 2.16 bits per heavy atom. The summed E-state index contributed by atoms with van der Waals surface area (Å²) in [4.78, 5) is 14.0. The highest BCUT2D eigenvalue weighted by molar-refractivity contribution is 5.71. The zero-order valence-electron chi connectivity index (χ0n) is 13.3. The monoisotopic (exact) mass is 269 g/mol. The van der Waals surface area contributed by atoms with Gasteiger partial charge >= 0.3 is 5.97 Å². The summed E-state index contributed by atoms with van der Waals surface area (Å²) in [6.07, 6.45) is 4.20. The van der Waals surface area contributed by atoms with E-state index in [1.165, 1.54) is 12.8 Å². The second-order valence-electron chi connectivity index (χ2n) is 6.68. The topological polar surface area (TPSA) is 40.5 Å². The molecule has 3 unspecified atom stereocenters. The van der Waals surface area contributed by atoms with Gasteiger partial charge in [0.25, 0.3) is 0 Å². The van der Waals surface area contributed by atoms with E-state index in [4.69, 9.17) is 0 Å². The van der Waals surface area contributed by atoms with Crippen LogP contribution in [0.4, 0.5) is 0 Å². The highest BCUT2D eigenvalue weighted by atomic mass is 16.4. The Morgan fingerprint density at radius 1 is 1.21 bits per heavy atom. The Labute approximate surface area is 118 Å². The molecule has 1 N–H and O–H groups in total. The molecule has 0 aromatic heterocycles. The maximum Gasteiger partial charge on any atom is 0.307 e. The Bertz CT molecular complexity index is 295. The van der Waals surface area contributed by atoms with E-state index in [2.05, 4.69) is 39.5 Å². The number of rotatable bonds is 6. The summed E-state index contributed by atoms with van der Waals surface area (Å²) in [6.45, 7) is 13.2. The van der Waals surface area contributed by atoms with Crippen LogP contribution < -0.4 is 0 Å². The molecule has 0 spiro atoms. The van der Waals surface area contributed by atoms with Gasteiger partial charge in [0.2, 0.25) is 0 Å². The van der Waals surface area contributed by atoms with Crippen LogP contribution in [-0.2, 0) is 4.79 Å². The molecule has 0 saturated heterocycles. The first-order valence-corrected chi connectivity index (χ1v) is 7.83. The molecule has 0 bridgehead atoms. The molecular formula is C16H31NO2. The van der Waals surface area contributed by atoms with Gasteiger partial charge in [0.05, 0.1) is 5.92 Å². The molecule has 0 amide bonds. The van der Waals surface area contributed by atoms with E-state index in [1.54, 1.807) is 0 Å². The second-order valence-corrected chi connectivity index (χ2v) is 6.68. The molecule has 3 heteroatoms. The molecule has 0 aliphatic heterocycles. The maximum absolute atomic E-state index is 11.4. The van der Waals surface area contributed by atoms with Gasteiger partial charge in [-0.2, -0.15) is 0 Å². The van der Waals surface area contributed by atoms with Gasteiger partial charge in [0.15, 0.2) is 0 Å². The fourth-order valence-electron chi connectivity index (χ4n) is 3.73. The Morgan fingerprint density at radius 2 is 1.74 bits per heavy atom. The van der Waals surface area contributed by atoms with Crippen LogP contribution in [0, 0.1) is 17.3 Å². The third-order valence-electron chi connectivity index (χ3n) is 5.19. The predicted molar refractivity (Wildman–Crippen MR) is 79.2 cm³/mol. The molecule has 3 atom stereocenters. The summed E-state index contributed by atoms with van der Waals surface area (Å²) < 4.78 is 0.